The Balaban J connectivity index is 1.78. The number of pyridine rings is 1. The second kappa shape index (κ2) is 7.83. The van der Waals surface area contributed by atoms with Crippen molar-refractivity contribution >= 4 is 5.91 Å². The minimum atomic E-state index is -0.143. The van der Waals surface area contributed by atoms with E-state index in [0.717, 1.165) is 22.4 Å². The minimum Gasteiger partial charge on any atom is -0.497 e. The van der Waals surface area contributed by atoms with Gasteiger partial charge in [0.25, 0.3) is 5.91 Å². The van der Waals surface area contributed by atoms with Crippen molar-refractivity contribution in [3.63, 3.8) is 0 Å². The lowest BCUT2D eigenvalue weighted by molar-refractivity contribution is 0.0939. The smallest absolute Gasteiger partial charge is 0.253 e. The number of aromatic nitrogens is 1. The van der Waals surface area contributed by atoms with Gasteiger partial charge in [0.15, 0.2) is 0 Å². The molecular formula is C22H22N2O2. The van der Waals surface area contributed by atoms with Gasteiger partial charge in [-0.3, -0.25) is 9.78 Å². The first-order chi connectivity index (χ1) is 12.6. The minimum absolute atomic E-state index is 0.0800. The molecule has 26 heavy (non-hydrogen) atoms. The molecule has 0 radical (unpaired) electrons. The highest BCUT2D eigenvalue weighted by atomic mass is 16.5. The van der Waals surface area contributed by atoms with Crippen molar-refractivity contribution < 1.29 is 9.53 Å². The maximum absolute atomic E-state index is 12.6. The lowest BCUT2D eigenvalue weighted by Crippen LogP contribution is -2.26. The Morgan fingerprint density at radius 1 is 1.04 bits per heavy atom. The molecule has 1 heterocycles. The number of nitrogens with one attached hydrogen (secondary N) is 1. The Morgan fingerprint density at radius 3 is 2.54 bits per heavy atom. The zero-order valence-corrected chi connectivity index (χ0v) is 15.2. The van der Waals surface area contributed by atoms with Gasteiger partial charge >= 0.3 is 0 Å². The average Bonchev–Trinajstić information content (AvgIpc) is 2.68. The van der Waals surface area contributed by atoms with Crippen molar-refractivity contribution in [1.82, 2.24) is 10.3 Å². The predicted octanol–water partition coefficient (Wildman–Crippen LogP) is 4.56. The van der Waals surface area contributed by atoms with E-state index in [9.17, 15) is 4.79 Å². The van der Waals surface area contributed by atoms with Crippen molar-refractivity contribution in [3.8, 4) is 16.9 Å². The maximum Gasteiger partial charge on any atom is 0.253 e. The summed E-state index contributed by atoms with van der Waals surface area (Å²) in [5, 5.41) is 3.03. The topological polar surface area (TPSA) is 51.2 Å². The van der Waals surface area contributed by atoms with Gasteiger partial charge in [0.1, 0.15) is 5.75 Å². The highest BCUT2D eigenvalue weighted by Gasteiger charge is 2.13. The number of amides is 1. The monoisotopic (exact) mass is 346 g/mol. The second-order valence-electron chi connectivity index (χ2n) is 6.30. The van der Waals surface area contributed by atoms with Crippen LogP contribution >= 0.6 is 0 Å². The molecular weight excluding hydrogens is 324 g/mol. The van der Waals surface area contributed by atoms with Crippen molar-refractivity contribution in [2.45, 2.75) is 19.9 Å². The van der Waals surface area contributed by atoms with E-state index in [0.29, 0.717) is 5.56 Å². The molecule has 0 aliphatic carbocycles. The summed E-state index contributed by atoms with van der Waals surface area (Å²) in [7, 11) is 1.63. The summed E-state index contributed by atoms with van der Waals surface area (Å²) in [5.74, 6) is 0.626. The van der Waals surface area contributed by atoms with Crippen LogP contribution in [-0.4, -0.2) is 18.0 Å². The van der Waals surface area contributed by atoms with E-state index in [1.54, 1.807) is 19.5 Å². The van der Waals surface area contributed by atoms with E-state index < -0.39 is 0 Å². The van der Waals surface area contributed by atoms with Crippen LogP contribution in [0, 0.1) is 6.92 Å². The van der Waals surface area contributed by atoms with Gasteiger partial charge in [0, 0.05) is 18.0 Å². The summed E-state index contributed by atoms with van der Waals surface area (Å²) in [4.78, 5) is 16.9. The highest BCUT2D eigenvalue weighted by Crippen LogP contribution is 2.24. The number of carbonyl (C=O) groups excluding carboxylic acids is 1. The van der Waals surface area contributed by atoms with Crippen molar-refractivity contribution in [2.75, 3.05) is 7.11 Å². The molecule has 0 saturated carbocycles. The van der Waals surface area contributed by atoms with Crippen LogP contribution in [0.4, 0.5) is 0 Å². The molecule has 0 bridgehead atoms. The Labute approximate surface area is 153 Å². The fourth-order valence-electron chi connectivity index (χ4n) is 2.74. The average molecular weight is 346 g/mol. The number of ether oxygens (including phenoxy) is 1. The molecule has 0 aliphatic rings. The first-order valence-electron chi connectivity index (χ1n) is 8.54. The van der Waals surface area contributed by atoms with Gasteiger partial charge in [-0.05, 0) is 43.2 Å². The van der Waals surface area contributed by atoms with Crippen LogP contribution in [-0.2, 0) is 0 Å². The molecule has 3 rings (SSSR count). The van der Waals surface area contributed by atoms with Crippen LogP contribution in [0.2, 0.25) is 0 Å². The normalized spacial score (nSPS) is 11.7. The van der Waals surface area contributed by atoms with Crippen molar-refractivity contribution in [1.29, 1.82) is 0 Å². The molecule has 2 aromatic carbocycles. The van der Waals surface area contributed by atoms with E-state index >= 15 is 0 Å². The molecule has 4 nitrogen and oxygen atoms in total. The molecule has 4 heteroatoms. The van der Waals surface area contributed by atoms with Gasteiger partial charge < -0.3 is 10.1 Å². The lowest BCUT2D eigenvalue weighted by Gasteiger charge is -2.15. The molecule has 0 aliphatic heterocycles. The Hall–Kier alpha value is -3.14. The molecule has 1 N–H and O–H groups in total. The Bertz CT molecular complexity index is 904. The Kier molecular flexibility index (Phi) is 5.32. The van der Waals surface area contributed by atoms with Crippen LogP contribution in [0.15, 0.2) is 67.0 Å². The van der Waals surface area contributed by atoms with Crippen LogP contribution in [0.5, 0.6) is 5.75 Å². The first-order valence-corrected chi connectivity index (χ1v) is 8.54. The second-order valence-corrected chi connectivity index (χ2v) is 6.30. The summed E-state index contributed by atoms with van der Waals surface area (Å²) in [5.41, 5.74) is 4.63. The van der Waals surface area contributed by atoms with Gasteiger partial charge in [0.2, 0.25) is 0 Å². The summed E-state index contributed by atoms with van der Waals surface area (Å²) in [6, 6.07) is 17.6. The third-order valence-corrected chi connectivity index (χ3v) is 4.33. The van der Waals surface area contributed by atoms with E-state index in [1.165, 1.54) is 5.56 Å². The summed E-state index contributed by atoms with van der Waals surface area (Å²) in [6.45, 7) is 4.02. The van der Waals surface area contributed by atoms with E-state index in [-0.39, 0.29) is 11.9 Å². The Morgan fingerprint density at radius 2 is 1.81 bits per heavy atom. The van der Waals surface area contributed by atoms with E-state index in [2.05, 4.69) is 10.3 Å². The third-order valence-electron chi connectivity index (χ3n) is 4.33. The zero-order valence-electron chi connectivity index (χ0n) is 15.2. The molecule has 1 aromatic heterocycles. The number of nitrogens with zero attached hydrogens (tertiary/aromatic N) is 1. The summed E-state index contributed by atoms with van der Waals surface area (Å²) >= 11 is 0. The fourth-order valence-corrected chi connectivity index (χ4v) is 2.74. The summed E-state index contributed by atoms with van der Waals surface area (Å²) in [6.07, 6.45) is 3.33. The van der Waals surface area contributed by atoms with Crippen molar-refractivity contribution in [2.24, 2.45) is 0 Å². The predicted molar refractivity (Wildman–Crippen MR) is 103 cm³/mol. The largest absolute Gasteiger partial charge is 0.497 e. The fraction of sp³-hybridized carbons (Fsp3) is 0.182. The first kappa shape index (κ1) is 17.7. The van der Waals surface area contributed by atoms with Gasteiger partial charge in [-0.2, -0.15) is 0 Å². The van der Waals surface area contributed by atoms with Gasteiger partial charge in [-0.25, -0.2) is 0 Å². The lowest BCUT2D eigenvalue weighted by atomic mass is 10.0. The van der Waals surface area contributed by atoms with Crippen molar-refractivity contribution in [3.05, 3.63) is 83.7 Å². The summed E-state index contributed by atoms with van der Waals surface area (Å²) < 4.78 is 5.26. The molecule has 132 valence electrons. The number of benzene rings is 2. The number of aryl methyl sites for hydroxylation is 1. The SMILES string of the molecule is COc1cccc(-c2cncc(C(=O)NC(C)c3ccc(C)cc3)c2)c1. The molecule has 0 saturated heterocycles. The quantitative estimate of drug-likeness (QED) is 0.737. The standard InChI is InChI=1S/C22H22N2O2/c1-15-7-9-17(10-8-15)16(2)24-22(25)20-11-19(13-23-14-20)18-5-4-6-21(12-18)26-3/h4-14,16H,1-3H3,(H,24,25). The number of methoxy groups -OCH3 is 1. The van der Waals surface area contributed by atoms with Gasteiger partial charge in [-0.15, -0.1) is 0 Å². The van der Waals surface area contributed by atoms with E-state index in [1.807, 2.05) is 68.4 Å². The third kappa shape index (κ3) is 4.09. The molecule has 1 amide bonds. The van der Waals surface area contributed by atoms with Crippen LogP contribution < -0.4 is 10.1 Å². The van der Waals surface area contributed by atoms with E-state index in [4.69, 9.17) is 4.74 Å². The van der Waals surface area contributed by atoms with Crippen LogP contribution in [0.1, 0.15) is 34.5 Å². The van der Waals surface area contributed by atoms with Gasteiger partial charge in [0.05, 0.1) is 18.7 Å². The van der Waals surface area contributed by atoms with Gasteiger partial charge in [-0.1, -0.05) is 42.0 Å². The molecule has 0 fully saturated rings. The zero-order chi connectivity index (χ0) is 18.5. The number of hydrogen-bond acceptors (Lipinski definition) is 3. The van der Waals surface area contributed by atoms with Crippen LogP contribution in [0.3, 0.4) is 0 Å². The number of rotatable bonds is 5. The maximum atomic E-state index is 12.6. The number of hydrogen-bond donors (Lipinski definition) is 1. The molecule has 3 aromatic rings. The molecule has 1 atom stereocenters. The molecule has 1 unspecified atom stereocenters. The number of carbonyl (C=O) groups is 1. The highest BCUT2D eigenvalue weighted by molar-refractivity contribution is 5.95. The van der Waals surface area contributed by atoms with Crippen LogP contribution in [0.25, 0.3) is 11.1 Å². The molecule has 0 spiro atoms.